The Kier molecular flexibility index (Phi) is 3.48. The van der Waals surface area contributed by atoms with Crippen molar-refractivity contribution in [2.75, 3.05) is 6.54 Å². The van der Waals surface area contributed by atoms with E-state index in [1.807, 2.05) is 0 Å². The predicted octanol–water partition coefficient (Wildman–Crippen LogP) is 2.92. The number of fused-ring (bicyclic) bond motifs is 1. The number of hydrogen-bond acceptors (Lipinski definition) is 2. The van der Waals surface area contributed by atoms with Crippen LogP contribution in [0.25, 0.3) is 6.08 Å². The molecule has 2 fully saturated rings. The Balaban J connectivity index is 1.78. The van der Waals surface area contributed by atoms with Gasteiger partial charge >= 0.3 is 0 Å². The summed E-state index contributed by atoms with van der Waals surface area (Å²) < 4.78 is 2.09. The number of rotatable bonds is 3. The number of hydrogen-bond donors (Lipinski definition) is 1. The molecule has 1 aromatic rings. The van der Waals surface area contributed by atoms with Gasteiger partial charge in [-0.2, -0.15) is 5.10 Å². The Labute approximate surface area is 116 Å². The summed E-state index contributed by atoms with van der Waals surface area (Å²) in [4.78, 5) is 0. The zero-order chi connectivity index (χ0) is 13.4. The summed E-state index contributed by atoms with van der Waals surface area (Å²) in [5.74, 6) is 1.80. The Hall–Kier alpha value is -1.09. The van der Waals surface area contributed by atoms with Crippen molar-refractivity contribution in [3.63, 3.8) is 0 Å². The summed E-state index contributed by atoms with van der Waals surface area (Å²) in [7, 11) is 0. The molecule has 104 valence electrons. The molecule has 3 unspecified atom stereocenters. The molecule has 1 saturated carbocycles. The average molecular weight is 259 g/mol. The van der Waals surface area contributed by atoms with Gasteiger partial charge in [-0.05, 0) is 52.0 Å². The lowest BCUT2D eigenvalue weighted by molar-refractivity contribution is 0.456. The summed E-state index contributed by atoms with van der Waals surface area (Å²) in [5, 5.41) is 8.26. The Bertz CT molecular complexity index is 486. The highest BCUT2D eigenvalue weighted by atomic mass is 15.3. The van der Waals surface area contributed by atoms with Gasteiger partial charge in [0.15, 0.2) is 0 Å². The molecule has 0 amide bonds. The molecule has 0 aromatic carbocycles. The first-order chi connectivity index (χ1) is 9.20. The summed E-state index contributed by atoms with van der Waals surface area (Å²) in [6, 6.07) is 0.580. The lowest BCUT2D eigenvalue weighted by Gasteiger charge is -2.13. The average Bonchev–Trinajstić information content (AvgIpc) is 3.05. The van der Waals surface area contributed by atoms with Gasteiger partial charge in [0.05, 0.1) is 5.69 Å². The Morgan fingerprint density at radius 2 is 2.21 bits per heavy atom. The molecule has 2 aliphatic rings. The van der Waals surface area contributed by atoms with Crippen molar-refractivity contribution in [1.29, 1.82) is 0 Å². The van der Waals surface area contributed by atoms with E-state index in [-0.39, 0.29) is 0 Å². The number of aryl methyl sites for hydroxylation is 2. The zero-order valence-electron chi connectivity index (χ0n) is 12.3. The molecule has 3 nitrogen and oxygen atoms in total. The van der Waals surface area contributed by atoms with Crippen molar-refractivity contribution < 1.29 is 0 Å². The second kappa shape index (κ2) is 5.12. The van der Waals surface area contributed by atoms with Crippen LogP contribution in [0.2, 0.25) is 0 Å². The van der Waals surface area contributed by atoms with Gasteiger partial charge in [0.25, 0.3) is 0 Å². The van der Waals surface area contributed by atoms with Gasteiger partial charge in [-0.3, -0.25) is 4.68 Å². The highest BCUT2D eigenvalue weighted by Crippen LogP contribution is 2.38. The predicted molar refractivity (Wildman–Crippen MR) is 79.0 cm³/mol. The third-order valence-corrected chi connectivity index (χ3v) is 5.00. The van der Waals surface area contributed by atoms with Crippen LogP contribution in [0.4, 0.5) is 0 Å². The quantitative estimate of drug-likeness (QED) is 0.904. The highest BCUT2D eigenvalue weighted by molar-refractivity contribution is 5.55. The van der Waals surface area contributed by atoms with E-state index in [2.05, 4.69) is 48.0 Å². The van der Waals surface area contributed by atoms with E-state index in [1.165, 1.54) is 37.1 Å². The van der Waals surface area contributed by atoms with Crippen LogP contribution in [0, 0.1) is 25.7 Å². The van der Waals surface area contributed by atoms with Crippen LogP contribution in [0.3, 0.4) is 0 Å². The lowest BCUT2D eigenvalue weighted by Crippen LogP contribution is -2.23. The van der Waals surface area contributed by atoms with Gasteiger partial charge < -0.3 is 5.32 Å². The summed E-state index contributed by atoms with van der Waals surface area (Å²) in [6.07, 6.45) is 8.93. The van der Waals surface area contributed by atoms with Gasteiger partial charge in [-0.25, -0.2) is 0 Å². The fraction of sp³-hybridized carbons (Fsp3) is 0.688. The normalized spacial score (nSPS) is 30.4. The minimum atomic E-state index is 0.580. The van der Waals surface area contributed by atoms with Crippen LogP contribution in [-0.2, 0) is 6.54 Å². The third-order valence-electron chi connectivity index (χ3n) is 5.00. The molecule has 1 N–H and O–H groups in total. The monoisotopic (exact) mass is 259 g/mol. The van der Waals surface area contributed by atoms with Gasteiger partial charge in [0.1, 0.15) is 0 Å². The minimum absolute atomic E-state index is 0.580. The zero-order valence-corrected chi connectivity index (χ0v) is 12.3. The SMILES string of the molecule is CCn1nc(C)c(/C=C/C2NCC3CCCC32)c1C. The van der Waals surface area contributed by atoms with E-state index in [0.29, 0.717) is 6.04 Å². The molecule has 1 aliphatic carbocycles. The molecule has 3 rings (SSSR count). The fourth-order valence-corrected chi connectivity index (χ4v) is 3.90. The molecule has 1 saturated heterocycles. The van der Waals surface area contributed by atoms with Gasteiger partial charge in [0.2, 0.25) is 0 Å². The van der Waals surface area contributed by atoms with E-state index in [0.717, 1.165) is 24.1 Å². The van der Waals surface area contributed by atoms with E-state index in [4.69, 9.17) is 0 Å². The Morgan fingerprint density at radius 1 is 1.37 bits per heavy atom. The first-order valence-corrected chi connectivity index (χ1v) is 7.66. The second-order valence-electron chi connectivity index (χ2n) is 6.05. The molecule has 19 heavy (non-hydrogen) atoms. The molecule has 3 heteroatoms. The minimum Gasteiger partial charge on any atom is -0.310 e. The van der Waals surface area contributed by atoms with Crippen LogP contribution >= 0.6 is 0 Å². The highest BCUT2D eigenvalue weighted by Gasteiger charge is 2.37. The van der Waals surface area contributed by atoms with Gasteiger partial charge in [0, 0.05) is 23.8 Å². The smallest absolute Gasteiger partial charge is 0.0668 e. The van der Waals surface area contributed by atoms with Crippen molar-refractivity contribution in [3.8, 4) is 0 Å². The van der Waals surface area contributed by atoms with Crippen LogP contribution in [-0.4, -0.2) is 22.4 Å². The standard InChI is InChI=1S/C16H25N3/c1-4-19-12(3)14(11(2)18-19)8-9-16-15-7-5-6-13(15)10-17-16/h8-9,13,15-17H,4-7,10H2,1-3H3/b9-8+. The number of aromatic nitrogens is 2. The molecule has 0 spiro atoms. The van der Waals surface area contributed by atoms with Crippen molar-refractivity contribution in [2.45, 2.75) is 52.6 Å². The fourth-order valence-electron chi connectivity index (χ4n) is 3.90. The maximum Gasteiger partial charge on any atom is 0.0668 e. The molecule has 3 atom stereocenters. The molecule has 1 aromatic heterocycles. The van der Waals surface area contributed by atoms with Crippen LogP contribution in [0.5, 0.6) is 0 Å². The van der Waals surface area contributed by atoms with E-state index in [1.54, 1.807) is 0 Å². The molecule has 1 aliphatic heterocycles. The summed E-state index contributed by atoms with van der Waals surface area (Å²) in [6.45, 7) is 8.59. The van der Waals surface area contributed by atoms with E-state index in [9.17, 15) is 0 Å². The van der Waals surface area contributed by atoms with E-state index >= 15 is 0 Å². The van der Waals surface area contributed by atoms with Crippen LogP contribution < -0.4 is 5.32 Å². The van der Waals surface area contributed by atoms with E-state index < -0.39 is 0 Å². The van der Waals surface area contributed by atoms with Crippen LogP contribution in [0.15, 0.2) is 6.08 Å². The largest absolute Gasteiger partial charge is 0.310 e. The van der Waals surface area contributed by atoms with Gasteiger partial charge in [-0.15, -0.1) is 0 Å². The summed E-state index contributed by atoms with van der Waals surface area (Å²) in [5.41, 5.74) is 3.75. The summed E-state index contributed by atoms with van der Waals surface area (Å²) >= 11 is 0. The van der Waals surface area contributed by atoms with Crippen LogP contribution in [0.1, 0.15) is 43.1 Å². The number of nitrogens with one attached hydrogen (secondary N) is 1. The first kappa shape index (κ1) is 12.9. The molecular formula is C16H25N3. The van der Waals surface area contributed by atoms with Crippen molar-refractivity contribution in [1.82, 2.24) is 15.1 Å². The van der Waals surface area contributed by atoms with Crippen molar-refractivity contribution in [3.05, 3.63) is 23.0 Å². The molecular weight excluding hydrogens is 234 g/mol. The van der Waals surface area contributed by atoms with Gasteiger partial charge in [-0.1, -0.05) is 18.6 Å². The maximum absolute atomic E-state index is 4.59. The topological polar surface area (TPSA) is 29.9 Å². The lowest BCUT2D eigenvalue weighted by atomic mass is 9.93. The molecule has 2 heterocycles. The maximum atomic E-state index is 4.59. The molecule has 0 radical (unpaired) electrons. The van der Waals surface area contributed by atoms with Crippen molar-refractivity contribution >= 4 is 6.08 Å². The first-order valence-electron chi connectivity index (χ1n) is 7.66. The number of nitrogens with zero attached hydrogens (tertiary/aromatic N) is 2. The molecule has 0 bridgehead atoms. The van der Waals surface area contributed by atoms with Crippen molar-refractivity contribution in [2.24, 2.45) is 11.8 Å². The Morgan fingerprint density at radius 3 is 2.95 bits per heavy atom. The third kappa shape index (κ3) is 2.25. The second-order valence-corrected chi connectivity index (χ2v) is 6.05.